The van der Waals surface area contributed by atoms with Crippen LogP contribution in [0.4, 0.5) is 0 Å². The van der Waals surface area contributed by atoms with Gasteiger partial charge >= 0.3 is 0 Å². The van der Waals surface area contributed by atoms with E-state index in [9.17, 15) is 0 Å². The minimum Gasteiger partial charge on any atom is -0.310 e. The average molecular weight is 328 g/mol. The third-order valence-corrected chi connectivity index (χ3v) is 5.29. The molecule has 3 heteroatoms. The van der Waals surface area contributed by atoms with Crippen LogP contribution in [-0.4, -0.2) is 6.54 Å². The summed E-state index contributed by atoms with van der Waals surface area (Å²) in [6.07, 6.45) is 6.78. The number of halogens is 2. The van der Waals surface area contributed by atoms with Gasteiger partial charge in [-0.15, -0.1) is 0 Å². The molecule has 0 heterocycles. The van der Waals surface area contributed by atoms with E-state index in [1.165, 1.54) is 32.1 Å². The minimum atomic E-state index is 0.237. The first-order valence-electron chi connectivity index (χ1n) is 8.10. The largest absolute Gasteiger partial charge is 0.310 e. The Balaban J connectivity index is 2.01. The number of hydrogen-bond acceptors (Lipinski definition) is 1. The van der Waals surface area contributed by atoms with Crippen molar-refractivity contribution in [3.8, 4) is 0 Å². The quantitative estimate of drug-likeness (QED) is 0.651. The molecule has 0 saturated heterocycles. The summed E-state index contributed by atoms with van der Waals surface area (Å²) in [5.74, 6) is 0.759. The van der Waals surface area contributed by atoms with Crippen LogP contribution in [0.3, 0.4) is 0 Å². The van der Waals surface area contributed by atoms with E-state index in [2.05, 4.69) is 26.1 Å². The van der Waals surface area contributed by atoms with E-state index in [0.29, 0.717) is 5.41 Å². The van der Waals surface area contributed by atoms with Crippen LogP contribution >= 0.6 is 23.2 Å². The predicted molar refractivity (Wildman–Crippen MR) is 93.2 cm³/mol. The molecular weight excluding hydrogens is 301 g/mol. The van der Waals surface area contributed by atoms with Crippen molar-refractivity contribution < 1.29 is 0 Å². The van der Waals surface area contributed by atoms with E-state index in [1.54, 1.807) is 0 Å². The van der Waals surface area contributed by atoms with E-state index < -0.39 is 0 Å². The van der Waals surface area contributed by atoms with Gasteiger partial charge in [0, 0.05) is 22.6 Å². The van der Waals surface area contributed by atoms with Crippen molar-refractivity contribution in [1.29, 1.82) is 0 Å². The Morgan fingerprint density at radius 3 is 2.43 bits per heavy atom. The van der Waals surface area contributed by atoms with Crippen LogP contribution in [0.2, 0.25) is 10.0 Å². The molecule has 1 unspecified atom stereocenters. The normalized spacial score (nSPS) is 19.1. The molecule has 0 radical (unpaired) electrons. The molecule has 2 rings (SSSR count). The molecule has 21 heavy (non-hydrogen) atoms. The molecule has 1 atom stereocenters. The molecule has 1 aromatic rings. The first kappa shape index (κ1) is 17.1. The van der Waals surface area contributed by atoms with Gasteiger partial charge in [0.2, 0.25) is 0 Å². The van der Waals surface area contributed by atoms with Crippen molar-refractivity contribution in [2.75, 3.05) is 6.54 Å². The highest BCUT2D eigenvalue weighted by Gasteiger charge is 2.34. The molecule has 118 valence electrons. The number of nitrogens with one attached hydrogen (secondary N) is 1. The summed E-state index contributed by atoms with van der Waals surface area (Å²) in [5.41, 5.74) is 1.58. The standard InChI is InChI=1S/C18H27Cl2N/c1-13(2)11-18(8-4-5-9-18)12-21-14(3)16-10-15(19)6-7-17(16)20/h6-7,10,13-14,21H,4-5,8-9,11-12H2,1-3H3. The van der Waals surface area contributed by atoms with Gasteiger partial charge in [-0.3, -0.25) is 0 Å². The maximum Gasteiger partial charge on any atom is 0.0454 e. The van der Waals surface area contributed by atoms with Gasteiger partial charge in [0.25, 0.3) is 0 Å². The molecule has 0 aromatic heterocycles. The van der Waals surface area contributed by atoms with Crippen LogP contribution in [0.5, 0.6) is 0 Å². The zero-order valence-electron chi connectivity index (χ0n) is 13.4. The molecule has 0 bridgehead atoms. The van der Waals surface area contributed by atoms with Crippen LogP contribution in [0.15, 0.2) is 18.2 Å². The van der Waals surface area contributed by atoms with Gasteiger partial charge in [0.1, 0.15) is 0 Å². The highest BCUT2D eigenvalue weighted by atomic mass is 35.5. The van der Waals surface area contributed by atoms with Crippen molar-refractivity contribution in [3.63, 3.8) is 0 Å². The Hall–Kier alpha value is -0.240. The predicted octanol–water partition coefficient (Wildman–Crippen LogP) is 6.25. The van der Waals surface area contributed by atoms with Crippen LogP contribution in [0.1, 0.15) is 64.5 Å². The summed E-state index contributed by atoms with van der Waals surface area (Å²) in [5, 5.41) is 5.26. The summed E-state index contributed by atoms with van der Waals surface area (Å²) in [7, 11) is 0. The van der Waals surface area contributed by atoms with Crippen LogP contribution < -0.4 is 5.32 Å². The Morgan fingerprint density at radius 1 is 1.14 bits per heavy atom. The van der Waals surface area contributed by atoms with E-state index in [-0.39, 0.29) is 6.04 Å². The molecule has 1 nitrogen and oxygen atoms in total. The average Bonchev–Trinajstić information content (AvgIpc) is 2.87. The van der Waals surface area contributed by atoms with Crippen LogP contribution in [0.25, 0.3) is 0 Å². The molecule has 0 aliphatic heterocycles. The van der Waals surface area contributed by atoms with Gasteiger partial charge < -0.3 is 5.32 Å². The fourth-order valence-corrected chi connectivity index (χ4v) is 4.23. The lowest BCUT2D eigenvalue weighted by Gasteiger charge is -2.33. The lowest BCUT2D eigenvalue weighted by atomic mass is 9.78. The van der Waals surface area contributed by atoms with Crippen molar-refractivity contribution in [2.45, 2.75) is 58.9 Å². The molecule has 1 aliphatic rings. The smallest absolute Gasteiger partial charge is 0.0454 e. The zero-order chi connectivity index (χ0) is 15.5. The van der Waals surface area contributed by atoms with Gasteiger partial charge in [0.15, 0.2) is 0 Å². The molecule has 1 fully saturated rings. The summed E-state index contributed by atoms with van der Waals surface area (Å²) >= 11 is 12.4. The lowest BCUT2D eigenvalue weighted by Crippen LogP contribution is -2.34. The second kappa shape index (κ2) is 7.35. The highest BCUT2D eigenvalue weighted by molar-refractivity contribution is 6.33. The van der Waals surface area contributed by atoms with E-state index in [4.69, 9.17) is 23.2 Å². The van der Waals surface area contributed by atoms with Gasteiger partial charge in [-0.1, -0.05) is 49.9 Å². The lowest BCUT2D eigenvalue weighted by molar-refractivity contribution is 0.217. The second-order valence-corrected chi connectivity index (χ2v) is 7.92. The molecule has 1 aliphatic carbocycles. The molecule has 1 saturated carbocycles. The maximum absolute atomic E-state index is 6.31. The maximum atomic E-state index is 6.31. The molecule has 0 amide bonds. The Kier molecular flexibility index (Phi) is 5.99. The fourth-order valence-electron chi connectivity index (χ4n) is 3.77. The first-order chi connectivity index (χ1) is 9.92. The number of rotatable bonds is 6. The SMILES string of the molecule is CC(C)CC1(CNC(C)c2cc(Cl)ccc2Cl)CCCC1. The molecule has 1 aromatic carbocycles. The summed E-state index contributed by atoms with van der Waals surface area (Å²) in [6, 6.07) is 5.94. The Morgan fingerprint density at radius 2 is 1.81 bits per heavy atom. The third-order valence-electron chi connectivity index (χ3n) is 4.71. The van der Waals surface area contributed by atoms with Crippen LogP contribution in [0, 0.1) is 11.3 Å². The Bertz CT molecular complexity index is 464. The van der Waals surface area contributed by atoms with Gasteiger partial charge in [0.05, 0.1) is 0 Å². The molecule has 0 spiro atoms. The third kappa shape index (κ3) is 4.61. The van der Waals surface area contributed by atoms with Crippen molar-refractivity contribution in [2.24, 2.45) is 11.3 Å². The van der Waals surface area contributed by atoms with E-state index in [0.717, 1.165) is 28.1 Å². The fraction of sp³-hybridized carbons (Fsp3) is 0.667. The summed E-state index contributed by atoms with van der Waals surface area (Å²) in [4.78, 5) is 0. The first-order valence-corrected chi connectivity index (χ1v) is 8.86. The number of hydrogen-bond donors (Lipinski definition) is 1. The van der Waals surface area contributed by atoms with Gasteiger partial charge in [-0.25, -0.2) is 0 Å². The van der Waals surface area contributed by atoms with Crippen molar-refractivity contribution in [3.05, 3.63) is 33.8 Å². The van der Waals surface area contributed by atoms with Gasteiger partial charge in [-0.2, -0.15) is 0 Å². The monoisotopic (exact) mass is 327 g/mol. The van der Waals surface area contributed by atoms with Crippen molar-refractivity contribution >= 4 is 23.2 Å². The van der Waals surface area contributed by atoms with E-state index in [1.807, 2.05) is 18.2 Å². The summed E-state index contributed by atoms with van der Waals surface area (Å²) in [6.45, 7) is 7.92. The van der Waals surface area contributed by atoms with Crippen LogP contribution in [-0.2, 0) is 0 Å². The van der Waals surface area contributed by atoms with E-state index >= 15 is 0 Å². The number of benzene rings is 1. The second-order valence-electron chi connectivity index (χ2n) is 7.07. The zero-order valence-corrected chi connectivity index (χ0v) is 14.9. The molecular formula is C18H27Cl2N. The highest BCUT2D eigenvalue weighted by Crippen LogP contribution is 2.43. The minimum absolute atomic E-state index is 0.237. The van der Waals surface area contributed by atoms with Gasteiger partial charge in [-0.05, 0) is 61.3 Å². The van der Waals surface area contributed by atoms with Crippen molar-refractivity contribution in [1.82, 2.24) is 5.32 Å². The Labute approximate surface area is 139 Å². The summed E-state index contributed by atoms with van der Waals surface area (Å²) < 4.78 is 0. The molecule has 1 N–H and O–H groups in total. The topological polar surface area (TPSA) is 12.0 Å².